The van der Waals surface area contributed by atoms with Crippen LogP contribution in [-0.2, 0) is 16.4 Å². The third-order valence-electron chi connectivity index (χ3n) is 4.64. The van der Waals surface area contributed by atoms with Gasteiger partial charge in [-0.25, -0.2) is 13.8 Å². The summed E-state index contributed by atoms with van der Waals surface area (Å²) in [5.41, 5.74) is 7.19. The van der Waals surface area contributed by atoms with Gasteiger partial charge in [-0.1, -0.05) is 29.4 Å². The zero-order valence-corrected chi connectivity index (χ0v) is 18.3. The van der Waals surface area contributed by atoms with Gasteiger partial charge in [0, 0.05) is 34.5 Å². The van der Waals surface area contributed by atoms with Gasteiger partial charge in [0.15, 0.2) is 5.83 Å². The number of halogens is 2. The lowest BCUT2D eigenvalue weighted by Crippen LogP contribution is -2.09. The molecule has 0 amide bonds. The Hall–Kier alpha value is -3.51. The maximum Gasteiger partial charge on any atom is 0.212 e. The van der Waals surface area contributed by atoms with Gasteiger partial charge in [0.25, 0.3) is 0 Å². The van der Waals surface area contributed by atoms with Crippen LogP contribution in [0.1, 0.15) is 24.0 Å². The number of hydrogen-bond acceptors (Lipinski definition) is 6. The minimum atomic E-state index is -0.807. The molecule has 32 heavy (non-hydrogen) atoms. The first-order valence-corrected chi connectivity index (χ1v) is 11.2. The van der Waals surface area contributed by atoms with Crippen LogP contribution >= 0.6 is 0 Å². The van der Waals surface area contributed by atoms with E-state index in [1.807, 2.05) is 30.5 Å². The summed E-state index contributed by atoms with van der Waals surface area (Å²) in [4.78, 5) is 4.23. The second-order valence-corrected chi connectivity index (χ2v) is 8.97. The summed E-state index contributed by atoms with van der Waals surface area (Å²) < 4.78 is 37.3. The molecule has 9 heteroatoms. The summed E-state index contributed by atoms with van der Waals surface area (Å²) in [7, 11) is 1.04. The van der Waals surface area contributed by atoms with E-state index in [0.29, 0.717) is 16.7 Å². The number of nitrogens with zero attached hydrogens (tertiary/aromatic N) is 3. The van der Waals surface area contributed by atoms with E-state index in [0.717, 1.165) is 30.7 Å². The lowest BCUT2D eigenvalue weighted by atomic mass is 10.1. The molecule has 0 heterocycles. The fourth-order valence-corrected chi connectivity index (χ4v) is 4.79. The van der Waals surface area contributed by atoms with Crippen molar-refractivity contribution in [2.45, 2.75) is 23.8 Å². The number of rotatable bonds is 9. The molecule has 1 saturated carbocycles. The Morgan fingerprint density at radius 1 is 1.38 bits per heavy atom. The van der Waals surface area contributed by atoms with Crippen molar-refractivity contribution in [1.29, 1.82) is 5.26 Å². The van der Waals surface area contributed by atoms with Crippen molar-refractivity contribution in [1.82, 2.24) is 0 Å². The Morgan fingerprint density at radius 3 is 2.81 bits per heavy atom. The molecule has 0 bridgehead atoms. The third-order valence-corrected chi connectivity index (χ3v) is 6.82. The van der Waals surface area contributed by atoms with Gasteiger partial charge in [-0.15, -0.1) is 0 Å². The Balaban J connectivity index is 1.83. The van der Waals surface area contributed by atoms with E-state index in [1.165, 1.54) is 19.2 Å². The molecule has 1 unspecified atom stereocenters. The van der Waals surface area contributed by atoms with E-state index in [9.17, 15) is 8.78 Å². The van der Waals surface area contributed by atoms with Crippen LogP contribution in [-0.4, -0.2) is 18.1 Å². The molecule has 1 fully saturated rings. The highest BCUT2D eigenvalue weighted by atomic mass is 32.2. The number of nitriles is 1. The highest BCUT2D eigenvalue weighted by Crippen LogP contribution is 2.30. The summed E-state index contributed by atoms with van der Waals surface area (Å²) in [6, 6.07) is 11.3. The molecular formula is C23H23F2N5OS. The Bertz CT molecular complexity index is 1150. The predicted octanol–water partition coefficient (Wildman–Crippen LogP) is 4.92. The summed E-state index contributed by atoms with van der Waals surface area (Å²) in [6.45, 7) is 3.86. The fraction of sp³-hybridized carbons (Fsp3) is 0.217. The van der Waals surface area contributed by atoms with Crippen molar-refractivity contribution in [3.63, 3.8) is 0 Å². The smallest absolute Gasteiger partial charge is 0.212 e. The molecule has 1 aliphatic rings. The molecule has 166 valence electrons. The van der Waals surface area contributed by atoms with E-state index >= 15 is 0 Å². The second-order valence-electron chi connectivity index (χ2n) is 7.03. The van der Waals surface area contributed by atoms with E-state index < -0.39 is 11.6 Å². The standard InChI is InChI=1S/C23H23F2N5OS/c1-15(30-23(21(25)12-26)20-9-6-17(24)11-22(20)31-2)29-18-5-3-4-16(10-18)13-32(28-14-27)19-7-8-19/h3-6,9-12,19,29H,1,7-8,13,26H2,2H3/b21-12+,30-23-. The predicted molar refractivity (Wildman–Crippen MR) is 124 cm³/mol. The molecule has 0 saturated heterocycles. The first-order chi connectivity index (χ1) is 15.4. The fourth-order valence-electron chi connectivity index (χ4n) is 3.04. The molecule has 3 rings (SSSR count). The van der Waals surface area contributed by atoms with Gasteiger partial charge in [-0.05, 0) is 42.7 Å². The molecule has 3 N–H and O–H groups in total. The van der Waals surface area contributed by atoms with Crippen LogP contribution in [0.5, 0.6) is 5.75 Å². The van der Waals surface area contributed by atoms with Crippen LogP contribution in [0.25, 0.3) is 0 Å². The summed E-state index contributed by atoms with van der Waals surface area (Å²) in [5.74, 6) is -0.374. The lowest BCUT2D eigenvalue weighted by Gasteiger charge is -2.13. The van der Waals surface area contributed by atoms with Gasteiger partial charge in [0.2, 0.25) is 6.19 Å². The van der Waals surface area contributed by atoms with Gasteiger partial charge in [-0.3, -0.25) is 0 Å². The summed E-state index contributed by atoms with van der Waals surface area (Å²) in [5, 5.41) is 12.5. The SMILES string of the molecule is C=C(/N=C(\C(F)=C/N)c1ccc(F)cc1OC)Nc1cccc(CS(=NC#N)C2CC2)c1. The molecular weight excluding hydrogens is 432 g/mol. The number of benzene rings is 2. The number of nitrogens with one attached hydrogen (secondary N) is 1. The molecule has 6 nitrogen and oxygen atoms in total. The zero-order chi connectivity index (χ0) is 23.1. The van der Waals surface area contributed by atoms with E-state index in [1.54, 1.807) is 0 Å². The van der Waals surface area contributed by atoms with Crippen LogP contribution in [0.15, 0.2) is 76.2 Å². The number of hydrogen-bond donors (Lipinski definition) is 2. The monoisotopic (exact) mass is 455 g/mol. The lowest BCUT2D eigenvalue weighted by molar-refractivity contribution is 0.410. The maximum absolute atomic E-state index is 14.5. The largest absolute Gasteiger partial charge is 0.496 e. The molecule has 0 radical (unpaired) electrons. The van der Waals surface area contributed by atoms with Gasteiger partial charge < -0.3 is 15.8 Å². The van der Waals surface area contributed by atoms with Crippen LogP contribution in [0.3, 0.4) is 0 Å². The Kier molecular flexibility index (Phi) is 7.73. The van der Waals surface area contributed by atoms with E-state index in [4.69, 9.17) is 15.7 Å². The first-order valence-electron chi connectivity index (χ1n) is 9.80. The first kappa shape index (κ1) is 23.2. The molecule has 0 aromatic heterocycles. The normalized spacial score (nSPS) is 15.2. The molecule has 0 spiro atoms. The van der Waals surface area contributed by atoms with Crippen LogP contribution < -0.4 is 15.8 Å². The van der Waals surface area contributed by atoms with Gasteiger partial charge in [0.05, 0.1) is 7.11 Å². The van der Waals surface area contributed by atoms with Crippen molar-refractivity contribution in [3.05, 3.63) is 83.8 Å². The van der Waals surface area contributed by atoms with Gasteiger partial charge >= 0.3 is 0 Å². The Labute approximate surface area is 188 Å². The maximum atomic E-state index is 14.5. The quantitative estimate of drug-likeness (QED) is 0.414. The van der Waals surface area contributed by atoms with Crippen molar-refractivity contribution < 1.29 is 13.5 Å². The van der Waals surface area contributed by atoms with Gasteiger partial charge in [0.1, 0.15) is 23.1 Å². The number of ether oxygens (including phenoxy) is 1. The number of nitrogens with two attached hydrogens (primary N) is 1. The van der Waals surface area contributed by atoms with Crippen LogP contribution in [0, 0.1) is 17.3 Å². The Morgan fingerprint density at radius 2 is 2.16 bits per heavy atom. The summed E-state index contributed by atoms with van der Waals surface area (Å²) in [6.07, 6.45) is 4.91. The molecule has 2 aromatic rings. The topological polar surface area (TPSA) is 95.8 Å². The van der Waals surface area contributed by atoms with E-state index in [2.05, 4.69) is 21.3 Å². The third kappa shape index (κ3) is 6.02. The minimum Gasteiger partial charge on any atom is -0.496 e. The van der Waals surface area contributed by atoms with E-state index in [-0.39, 0.29) is 33.5 Å². The van der Waals surface area contributed by atoms with Crippen molar-refractivity contribution >= 4 is 22.1 Å². The molecule has 2 aromatic carbocycles. The summed E-state index contributed by atoms with van der Waals surface area (Å²) >= 11 is 0. The number of aliphatic imine (C=N–C) groups is 1. The molecule has 1 atom stereocenters. The van der Waals surface area contributed by atoms with Crippen LogP contribution in [0.4, 0.5) is 14.5 Å². The average molecular weight is 456 g/mol. The highest BCUT2D eigenvalue weighted by Gasteiger charge is 2.26. The van der Waals surface area contributed by atoms with Crippen LogP contribution in [0.2, 0.25) is 0 Å². The number of methoxy groups -OCH3 is 1. The highest BCUT2D eigenvalue weighted by molar-refractivity contribution is 7.87. The molecule has 1 aliphatic carbocycles. The van der Waals surface area contributed by atoms with Crippen molar-refractivity contribution in [2.75, 3.05) is 12.4 Å². The van der Waals surface area contributed by atoms with Crippen molar-refractivity contribution in [2.24, 2.45) is 15.1 Å². The van der Waals surface area contributed by atoms with Crippen molar-refractivity contribution in [3.8, 4) is 11.9 Å². The zero-order valence-electron chi connectivity index (χ0n) is 17.5. The van der Waals surface area contributed by atoms with Gasteiger partial charge in [-0.2, -0.15) is 9.62 Å². The number of anilines is 1. The molecule has 0 aliphatic heterocycles. The average Bonchev–Trinajstić information content (AvgIpc) is 3.62. The number of allylic oxidation sites excluding steroid dienone is 1. The second kappa shape index (κ2) is 10.7. The minimum absolute atomic E-state index is 0.115.